The first-order valence-corrected chi connectivity index (χ1v) is 9.38. The van der Waals surface area contributed by atoms with Gasteiger partial charge < -0.3 is 14.6 Å². The molecule has 0 saturated heterocycles. The highest BCUT2D eigenvalue weighted by atomic mass is 19.1. The Morgan fingerprint density at radius 3 is 2.72 bits per heavy atom. The van der Waals surface area contributed by atoms with Crippen LogP contribution in [0.25, 0.3) is 11.5 Å². The zero-order valence-corrected chi connectivity index (χ0v) is 15.9. The molecule has 3 aromatic rings. The van der Waals surface area contributed by atoms with Crippen LogP contribution in [0.2, 0.25) is 0 Å². The smallest absolute Gasteiger partial charge is 0.246 e. The van der Waals surface area contributed by atoms with Gasteiger partial charge in [-0.25, -0.2) is 9.37 Å². The molecule has 1 aliphatic heterocycles. The number of benzene rings is 2. The van der Waals surface area contributed by atoms with Gasteiger partial charge in [0.15, 0.2) is 0 Å². The molecule has 0 radical (unpaired) electrons. The fourth-order valence-electron chi connectivity index (χ4n) is 3.39. The van der Waals surface area contributed by atoms with Gasteiger partial charge in [0.2, 0.25) is 17.7 Å². The molecule has 0 bridgehead atoms. The highest BCUT2D eigenvalue weighted by Crippen LogP contribution is 2.27. The van der Waals surface area contributed by atoms with Gasteiger partial charge in [-0.15, -0.1) is 0 Å². The minimum Gasteiger partial charge on any atom is -0.441 e. The molecule has 7 heteroatoms. The Hall–Kier alpha value is -3.48. The minimum absolute atomic E-state index is 0.000392. The van der Waals surface area contributed by atoms with Crippen LogP contribution in [-0.4, -0.2) is 29.9 Å². The first-order valence-electron chi connectivity index (χ1n) is 9.38. The molecule has 0 spiro atoms. The van der Waals surface area contributed by atoms with Crippen LogP contribution in [0.5, 0.6) is 0 Å². The summed E-state index contributed by atoms with van der Waals surface area (Å²) in [7, 11) is 0. The first-order chi connectivity index (χ1) is 14.0. The molecule has 2 aromatic carbocycles. The Labute approximate surface area is 167 Å². The van der Waals surface area contributed by atoms with Gasteiger partial charge in [-0.1, -0.05) is 18.2 Å². The third-order valence-electron chi connectivity index (χ3n) is 4.94. The van der Waals surface area contributed by atoms with Gasteiger partial charge in [-0.05, 0) is 49.2 Å². The van der Waals surface area contributed by atoms with E-state index in [1.807, 2.05) is 24.3 Å². The number of anilines is 1. The van der Waals surface area contributed by atoms with Crippen molar-refractivity contribution in [3.05, 3.63) is 71.4 Å². The number of rotatable bonds is 5. The lowest BCUT2D eigenvalue weighted by molar-refractivity contribution is -0.124. The van der Waals surface area contributed by atoms with Gasteiger partial charge in [0.05, 0.1) is 18.7 Å². The van der Waals surface area contributed by atoms with Gasteiger partial charge >= 0.3 is 0 Å². The molecule has 1 aromatic heterocycles. The molecule has 0 saturated carbocycles. The molecular formula is C22H20FN3O3. The molecule has 2 heterocycles. The molecular weight excluding hydrogens is 373 g/mol. The summed E-state index contributed by atoms with van der Waals surface area (Å²) in [4.78, 5) is 30.8. The van der Waals surface area contributed by atoms with Crippen molar-refractivity contribution in [2.45, 2.75) is 19.8 Å². The fraction of sp³-hybridized carbons (Fsp3) is 0.227. The number of aromatic nitrogens is 1. The number of oxazole rings is 1. The van der Waals surface area contributed by atoms with E-state index in [1.54, 1.807) is 24.0 Å². The van der Waals surface area contributed by atoms with Crippen LogP contribution in [-0.2, 0) is 22.4 Å². The molecule has 0 atom stereocenters. The van der Waals surface area contributed by atoms with Crippen molar-refractivity contribution < 1.29 is 18.4 Å². The number of amides is 2. The van der Waals surface area contributed by atoms with E-state index in [0.717, 1.165) is 17.7 Å². The number of nitrogens with zero attached hydrogens (tertiary/aromatic N) is 2. The van der Waals surface area contributed by atoms with E-state index in [1.165, 1.54) is 12.1 Å². The number of hydrogen-bond acceptors (Lipinski definition) is 4. The zero-order chi connectivity index (χ0) is 20.4. The van der Waals surface area contributed by atoms with E-state index in [0.29, 0.717) is 29.5 Å². The van der Waals surface area contributed by atoms with Crippen molar-refractivity contribution in [1.29, 1.82) is 0 Å². The van der Waals surface area contributed by atoms with E-state index in [4.69, 9.17) is 4.42 Å². The van der Waals surface area contributed by atoms with Crippen molar-refractivity contribution >= 4 is 17.5 Å². The molecule has 4 rings (SSSR count). The van der Waals surface area contributed by atoms with Crippen LogP contribution in [0.1, 0.15) is 17.0 Å². The Bertz CT molecular complexity index is 1060. The topological polar surface area (TPSA) is 75.4 Å². The van der Waals surface area contributed by atoms with Crippen LogP contribution in [0, 0.1) is 12.7 Å². The minimum atomic E-state index is -0.345. The number of halogens is 1. The number of carbonyl (C=O) groups excluding carboxylic acids is 2. The Morgan fingerprint density at radius 1 is 1.17 bits per heavy atom. The van der Waals surface area contributed by atoms with E-state index >= 15 is 0 Å². The van der Waals surface area contributed by atoms with Crippen molar-refractivity contribution in [3.63, 3.8) is 0 Å². The summed E-state index contributed by atoms with van der Waals surface area (Å²) < 4.78 is 18.7. The Morgan fingerprint density at radius 2 is 1.93 bits per heavy atom. The number of para-hydroxylation sites is 1. The monoisotopic (exact) mass is 393 g/mol. The van der Waals surface area contributed by atoms with Gasteiger partial charge in [-0.3, -0.25) is 9.59 Å². The summed E-state index contributed by atoms with van der Waals surface area (Å²) in [5.74, 6) is 0.0382. The quantitative estimate of drug-likeness (QED) is 0.723. The lowest BCUT2D eigenvalue weighted by Gasteiger charge is -2.17. The van der Waals surface area contributed by atoms with Gasteiger partial charge in [0, 0.05) is 17.8 Å². The lowest BCUT2D eigenvalue weighted by atomic mass is 10.2. The third-order valence-corrected chi connectivity index (χ3v) is 4.94. The third kappa shape index (κ3) is 4.03. The second kappa shape index (κ2) is 7.87. The van der Waals surface area contributed by atoms with Gasteiger partial charge in [0.25, 0.3) is 0 Å². The maximum absolute atomic E-state index is 13.1. The van der Waals surface area contributed by atoms with Crippen molar-refractivity contribution in [2.24, 2.45) is 0 Å². The number of hydrogen-bond donors (Lipinski definition) is 1. The fourth-order valence-corrected chi connectivity index (χ4v) is 3.39. The summed E-state index contributed by atoms with van der Waals surface area (Å²) in [5, 5.41) is 2.66. The largest absolute Gasteiger partial charge is 0.441 e. The SMILES string of the molecule is Cc1oc(-c2ccc(F)cc2)nc1CC(=O)NCC(=O)N1CCc2ccccc21. The van der Waals surface area contributed by atoms with E-state index in [-0.39, 0.29) is 30.6 Å². The number of nitrogens with one attached hydrogen (secondary N) is 1. The number of fused-ring (bicyclic) bond motifs is 1. The maximum Gasteiger partial charge on any atom is 0.246 e. The zero-order valence-electron chi connectivity index (χ0n) is 15.9. The second-order valence-corrected chi connectivity index (χ2v) is 6.91. The predicted molar refractivity (Wildman–Crippen MR) is 106 cm³/mol. The molecule has 0 aliphatic carbocycles. The molecule has 6 nitrogen and oxygen atoms in total. The second-order valence-electron chi connectivity index (χ2n) is 6.91. The van der Waals surface area contributed by atoms with Crippen LogP contribution in [0.3, 0.4) is 0 Å². The maximum atomic E-state index is 13.1. The van der Waals surface area contributed by atoms with E-state index < -0.39 is 0 Å². The summed E-state index contributed by atoms with van der Waals surface area (Å²) in [5.41, 5.74) is 3.16. The van der Waals surface area contributed by atoms with Crippen LogP contribution >= 0.6 is 0 Å². The molecule has 1 N–H and O–H groups in total. The highest BCUT2D eigenvalue weighted by molar-refractivity contribution is 5.98. The Kier molecular flexibility index (Phi) is 5.12. The summed E-state index contributed by atoms with van der Waals surface area (Å²) in [6, 6.07) is 13.6. The number of aryl methyl sites for hydroxylation is 1. The standard InChI is InChI=1S/C22H20FN3O3/c1-14-18(25-22(29-14)16-6-8-17(23)9-7-16)12-20(27)24-13-21(28)26-11-10-15-4-2-3-5-19(15)26/h2-9H,10-13H2,1H3,(H,24,27). The Balaban J connectivity index is 1.36. The lowest BCUT2D eigenvalue weighted by Crippen LogP contribution is -2.40. The van der Waals surface area contributed by atoms with Crippen LogP contribution in [0.4, 0.5) is 10.1 Å². The predicted octanol–water partition coefficient (Wildman–Crippen LogP) is 3.04. The average molecular weight is 393 g/mol. The first kappa shape index (κ1) is 18.9. The molecule has 0 unspecified atom stereocenters. The average Bonchev–Trinajstić information content (AvgIpc) is 3.31. The van der Waals surface area contributed by atoms with E-state index in [2.05, 4.69) is 10.3 Å². The normalized spacial score (nSPS) is 12.7. The summed E-state index contributed by atoms with van der Waals surface area (Å²) in [6.45, 7) is 2.27. The molecule has 0 fully saturated rings. The molecule has 1 aliphatic rings. The molecule has 2 amide bonds. The summed E-state index contributed by atoms with van der Waals surface area (Å²) in [6.07, 6.45) is 0.820. The van der Waals surface area contributed by atoms with Crippen molar-refractivity contribution in [2.75, 3.05) is 18.0 Å². The van der Waals surface area contributed by atoms with Crippen molar-refractivity contribution in [1.82, 2.24) is 10.3 Å². The molecule has 29 heavy (non-hydrogen) atoms. The van der Waals surface area contributed by atoms with Crippen LogP contribution in [0.15, 0.2) is 52.9 Å². The van der Waals surface area contributed by atoms with Crippen LogP contribution < -0.4 is 10.2 Å². The summed E-state index contributed by atoms with van der Waals surface area (Å²) >= 11 is 0. The van der Waals surface area contributed by atoms with Gasteiger partial charge in [-0.2, -0.15) is 0 Å². The molecule has 148 valence electrons. The number of carbonyl (C=O) groups is 2. The van der Waals surface area contributed by atoms with E-state index in [9.17, 15) is 14.0 Å². The van der Waals surface area contributed by atoms with Crippen molar-refractivity contribution in [3.8, 4) is 11.5 Å². The van der Waals surface area contributed by atoms with Gasteiger partial charge in [0.1, 0.15) is 11.6 Å². The highest BCUT2D eigenvalue weighted by Gasteiger charge is 2.24.